The minimum Gasteiger partial charge on any atom is -0.480 e. The molecular formula is C22H29N3O5. The third-order valence-corrected chi connectivity index (χ3v) is 6.32. The van der Waals surface area contributed by atoms with Crippen molar-refractivity contribution in [1.29, 1.82) is 0 Å². The molecule has 0 spiro atoms. The highest BCUT2D eigenvalue weighted by Crippen LogP contribution is 2.30. The normalized spacial score (nSPS) is 21.1. The molecule has 162 valence electrons. The van der Waals surface area contributed by atoms with Crippen molar-refractivity contribution in [2.45, 2.75) is 58.5 Å². The van der Waals surface area contributed by atoms with Gasteiger partial charge in [0.2, 0.25) is 5.91 Å². The molecule has 1 saturated carbocycles. The number of para-hydroxylation sites is 1. The number of carboxylic acids is 1. The number of carbonyl (C=O) groups excluding carboxylic acids is 1. The molecule has 1 heterocycles. The molecule has 8 heteroatoms. The van der Waals surface area contributed by atoms with Gasteiger partial charge in [0.1, 0.15) is 6.04 Å². The molecule has 1 aliphatic rings. The zero-order valence-corrected chi connectivity index (χ0v) is 17.4. The average Bonchev–Trinajstić information content (AvgIpc) is 2.74. The molecule has 1 aromatic heterocycles. The van der Waals surface area contributed by atoms with E-state index in [0.717, 1.165) is 0 Å². The van der Waals surface area contributed by atoms with Gasteiger partial charge in [-0.25, -0.2) is 9.59 Å². The molecular weight excluding hydrogens is 386 g/mol. The zero-order chi connectivity index (χ0) is 21.8. The van der Waals surface area contributed by atoms with Crippen LogP contribution in [0.25, 0.3) is 10.9 Å². The van der Waals surface area contributed by atoms with E-state index in [1.807, 2.05) is 13.8 Å². The van der Waals surface area contributed by atoms with Gasteiger partial charge < -0.3 is 15.4 Å². The lowest BCUT2D eigenvalue weighted by molar-refractivity contribution is -0.144. The zero-order valence-electron chi connectivity index (χ0n) is 17.4. The summed E-state index contributed by atoms with van der Waals surface area (Å²) in [4.78, 5) is 51.8. The first-order valence-corrected chi connectivity index (χ1v) is 10.6. The van der Waals surface area contributed by atoms with Crippen molar-refractivity contribution in [1.82, 2.24) is 14.9 Å². The summed E-state index contributed by atoms with van der Waals surface area (Å²) in [6.45, 7) is 4.03. The summed E-state index contributed by atoms with van der Waals surface area (Å²) in [7, 11) is 0. The number of nitrogens with one attached hydrogen (secondary N) is 2. The van der Waals surface area contributed by atoms with E-state index in [1.165, 1.54) is 4.57 Å². The van der Waals surface area contributed by atoms with Crippen LogP contribution in [0.4, 0.5) is 0 Å². The van der Waals surface area contributed by atoms with Gasteiger partial charge in [0, 0.05) is 12.5 Å². The maximum Gasteiger partial charge on any atom is 0.328 e. The van der Waals surface area contributed by atoms with Gasteiger partial charge >= 0.3 is 11.7 Å². The number of hydrogen-bond acceptors (Lipinski definition) is 4. The van der Waals surface area contributed by atoms with Gasteiger partial charge in [-0.2, -0.15) is 0 Å². The van der Waals surface area contributed by atoms with Crippen LogP contribution in [0.1, 0.15) is 46.0 Å². The molecule has 2 aromatic rings. The fraction of sp³-hybridized carbons (Fsp3) is 0.545. The Kier molecular flexibility index (Phi) is 6.74. The minimum absolute atomic E-state index is 0.124. The van der Waals surface area contributed by atoms with E-state index < -0.39 is 17.7 Å². The summed E-state index contributed by atoms with van der Waals surface area (Å²) in [6, 6.07) is 6.05. The number of carboxylic acid groups (broad SMARTS) is 1. The van der Waals surface area contributed by atoms with Crippen LogP contribution in [0.3, 0.4) is 0 Å². The lowest BCUT2D eigenvalue weighted by Gasteiger charge is -2.29. The molecule has 3 rings (SSSR count). The van der Waals surface area contributed by atoms with E-state index in [1.54, 1.807) is 24.3 Å². The second-order valence-corrected chi connectivity index (χ2v) is 8.32. The van der Waals surface area contributed by atoms with Crippen molar-refractivity contribution in [3.05, 3.63) is 45.1 Å². The molecule has 2 atom stereocenters. The van der Waals surface area contributed by atoms with E-state index in [4.69, 9.17) is 0 Å². The minimum atomic E-state index is -1.01. The molecule has 1 aromatic carbocycles. The Balaban J connectivity index is 1.63. The van der Waals surface area contributed by atoms with Crippen molar-refractivity contribution < 1.29 is 14.7 Å². The maximum absolute atomic E-state index is 12.7. The van der Waals surface area contributed by atoms with Crippen molar-refractivity contribution in [2.75, 3.05) is 0 Å². The van der Waals surface area contributed by atoms with Gasteiger partial charge in [0.25, 0.3) is 5.56 Å². The summed E-state index contributed by atoms with van der Waals surface area (Å²) in [6.07, 6.45) is 3.31. The highest BCUT2D eigenvalue weighted by molar-refractivity contribution is 5.85. The van der Waals surface area contributed by atoms with Crippen LogP contribution in [-0.2, 0) is 16.1 Å². The fourth-order valence-corrected chi connectivity index (χ4v) is 4.18. The fourth-order valence-electron chi connectivity index (χ4n) is 4.18. The molecule has 1 aliphatic carbocycles. The predicted octanol–water partition coefficient (Wildman–Crippen LogP) is 2.11. The number of fused-ring (bicyclic) bond motifs is 1. The number of H-pyrrole nitrogens is 1. The first-order chi connectivity index (χ1) is 14.3. The molecule has 0 aliphatic heterocycles. The number of nitrogens with zero attached hydrogens (tertiary/aromatic N) is 1. The van der Waals surface area contributed by atoms with Crippen LogP contribution in [0.2, 0.25) is 0 Å². The standard InChI is InChI=1S/C22H29N3O5/c1-3-13(2)18(21(28)29)24-19(26)15-10-8-14(9-11-15)12-25-20(27)16-6-4-5-7-17(16)23-22(25)30/h4-7,13-15,18H,3,8-12H2,1-2H3,(H,23,30)(H,24,26)(H,28,29)/t13?,14?,15?,18-/m0/s1. The summed E-state index contributed by atoms with van der Waals surface area (Å²) in [5.41, 5.74) is -0.193. The first-order valence-electron chi connectivity index (χ1n) is 10.6. The SMILES string of the molecule is CCC(C)[C@H](NC(=O)C1CCC(Cn2c(=O)[nH]c3ccccc3c2=O)CC1)C(=O)O. The largest absolute Gasteiger partial charge is 0.480 e. The van der Waals surface area contributed by atoms with Crippen LogP contribution in [0.15, 0.2) is 33.9 Å². The first kappa shape index (κ1) is 21.8. The topological polar surface area (TPSA) is 121 Å². The van der Waals surface area contributed by atoms with Gasteiger partial charge in [-0.3, -0.25) is 14.2 Å². The second kappa shape index (κ2) is 9.28. The van der Waals surface area contributed by atoms with Crippen molar-refractivity contribution in [2.24, 2.45) is 17.8 Å². The Morgan fingerprint density at radius 2 is 1.87 bits per heavy atom. The molecule has 8 nitrogen and oxygen atoms in total. The molecule has 1 fully saturated rings. The summed E-state index contributed by atoms with van der Waals surface area (Å²) < 4.78 is 1.25. The summed E-state index contributed by atoms with van der Waals surface area (Å²) in [5, 5.41) is 12.5. The molecule has 1 unspecified atom stereocenters. The predicted molar refractivity (Wildman–Crippen MR) is 113 cm³/mol. The van der Waals surface area contributed by atoms with Crippen LogP contribution < -0.4 is 16.6 Å². The lowest BCUT2D eigenvalue weighted by atomic mass is 9.81. The van der Waals surface area contributed by atoms with Crippen LogP contribution in [-0.4, -0.2) is 32.6 Å². The number of benzene rings is 1. The van der Waals surface area contributed by atoms with Crippen LogP contribution in [0, 0.1) is 17.8 Å². The Morgan fingerprint density at radius 3 is 2.50 bits per heavy atom. The lowest BCUT2D eigenvalue weighted by Crippen LogP contribution is -2.47. The number of aromatic nitrogens is 2. The maximum atomic E-state index is 12.7. The molecule has 30 heavy (non-hydrogen) atoms. The van der Waals surface area contributed by atoms with Crippen molar-refractivity contribution in [3.8, 4) is 0 Å². The quantitative estimate of drug-likeness (QED) is 0.639. The third kappa shape index (κ3) is 4.63. The number of aliphatic carboxylic acids is 1. The monoisotopic (exact) mass is 415 g/mol. The second-order valence-electron chi connectivity index (χ2n) is 8.32. The van der Waals surface area contributed by atoms with Crippen LogP contribution >= 0.6 is 0 Å². The van der Waals surface area contributed by atoms with E-state index in [2.05, 4.69) is 10.3 Å². The van der Waals surface area contributed by atoms with Gasteiger partial charge in [0.05, 0.1) is 10.9 Å². The molecule has 0 saturated heterocycles. The Bertz CT molecular complexity index is 1030. The van der Waals surface area contributed by atoms with Gasteiger partial charge in [0.15, 0.2) is 0 Å². The van der Waals surface area contributed by atoms with E-state index in [-0.39, 0.29) is 29.2 Å². The van der Waals surface area contributed by atoms with Crippen LogP contribution in [0.5, 0.6) is 0 Å². The number of hydrogen-bond donors (Lipinski definition) is 3. The summed E-state index contributed by atoms with van der Waals surface area (Å²) in [5.74, 6) is -1.49. The van der Waals surface area contributed by atoms with Gasteiger partial charge in [-0.15, -0.1) is 0 Å². The highest BCUT2D eigenvalue weighted by Gasteiger charge is 2.31. The van der Waals surface area contributed by atoms with E-state index in [0.29, 0.717) is 49.6 Å². The van der Waals surface area contributed by atoms with Gasteiger partial charge in [-0.05, 0) is 49.7 Å². The Hall–Kier alpha value is -2.90. The third-order valence-electron chi connectivity index (χ3n) is 6.32. The molecule has 1 amide bonds. The average molecular weight is 415 g/mol. The van der Waals surface area contributed by atoms with E-state index >= 15 is 0 Å². The number of amides is 1. The molecule has 3 N–H and O–H groups in total. The smallest absolute Gasteiger partial charge is 0.328 e. The molecule has 0 radical (unpaired) electrons. The molecule has 0 bridgehead atoms. The number of carbonyl (C=O) groups is 2. The number of aromatic amines is 1. The Morgan fingerprint density at radius 1 is 1.20 bits per heavy atom. The highest BCUT2D eigenvalue weighted by atomic mass is 16.4. The summed E-state index contributed by atoms with van der Waals surface area (Å²) >= 11 is 0. The Labute approximate surface area is 174 Å². The van der Waals surface area contributed by atoms with E-state index in [9.17, 15) is 24.3 Å². The van der Waals surface area contributed by atoms with Gasteiger partial charge in [-0.1, -0.05) is 32.4 Å². The number of rotatable bonds is 7. The van der Waals surface area contributed by atoms with Crippen molar-refractivity contribution >= 4 is 22.8 Å². The van der Waals surface area contributed by atoms with Crippen molar-refractivity contribution in [3.63, 3.8) is 0 Å².